The SMILES string of the molecule is CCC(NC)C(C)C1CCC1C. The van der Waals surface area contributed by atoms with Gasteiger partial charge in [-0.2, -0.15) is 0 Å². The van der Waals surface area contributed by atoms with E-state index in [1.165, 1.54) is 19.3 Å². The predicted molar refractivity (Wildman–Crippen MR) is 54.2 cm³/mol. The van der Waals surface area contributed by atoms with Crippen LogP contribution in [-0.4, -0.2) is 13.1 Å². The lowest BCUT2D eigenvalue weighted by atomic mass is 9.66. The van der Waals surface area contributed by atoms with Gasteiger partial charge < -0.3 is 5.32 Å². The zero-order chi connectivity index (χ0) is 9.14. The van der Waals surface area contributed by atoms with E-state index in [9.17, 15) is 0 Å². The molecule has 0 aromatic rings. The maximum Gasteiger partial charge on any atom is 0.00898 e. The second-order valence-electron chi connectivity index (χ2n) is 4.38. The zero-order valence-corrected chi connectivity index (χ0v) is 8.93. The lowest BCUT2D eigenvalue weighted by molar-refractivity contribution is 0.103. The Kier molecular flexibility index (Phi) is 3.57. The third-order valence-electron chi connectivity index (χ3n) is 3.81. The summed E-state index contributed by atoms with van der Waals surface area (Å²) < 4.78 is 0. The number of hydrogen-bond donors (Lipinski definition) is 1. The van der Waals surface area contributed by atoms with Crippen molar-refractivity contribution in [1.82, 2.24) is 5.32 Å². The second kappa shape index (κ2) is 4.27. The summed E-state index contributed by atoms with van der Waals surface area (Å²) in [7, 11) is 2.09. The molecule has 1 aliphatic carbocycles. The largest absolute Gasteiger partial charge is 0.317 e. The van der Waals surface area contributed by atoms with Crippen LogP contribution in [0.4, 0.5) is 0 Å². The lowest BCUT2D eigenvalue weighted by Gasteiger charge is -2.41. The molecule has 1 fully saturated rings. The first-order chi connectivity index (χ1) is 5.70. The highest BCUT2D eigenvalue weighted by Gasteiger charge is 2.34. The molecule has 1 rings (SSSR count). The van der Waals surface area contributed by atoms with Crippen LogP contribution < -0.4 is 5.32 Å². The molecule has 72 valence electrons. The van der Waals surface area contributed by atoms with Crippen LogP contribution in [0.1, 0.15) is 40.0 Å². The molecule has 1 aliphatic rings. The van der Waals surface area contributed by atoms with Crippen LogP contribution in [0.2, 0.25) is 0 Å². The van der Waals surface area contributed by atoms with Crippen LogP contribution in [0.5, 0.6) is 0 Å². The van der Waals surface area contributed by atoms with E-state index in [1.807, 2.05) is 0 Å². The van der Waals surface area contributed by atoms with Crippen molar-refractivity contribution in [2.24, 2.45) is 17.8 Å². The number of nitrogens with one attached hydrogen (secondary N) is 1. The molecule has 0 saturated heterocycles. The van der Waals surface area contributed by atoms with Crippen molar-refractivity contribution in [2.75, 3.05) is 7.05 Å². The minimum Gasteiger partial charge on any atom is -0.317 e. The van der Waals surface area contributed by atoms with Gasteiger partial charge in [0.15, 0.2) is 0 Å². The van der Waals surface area contributed by atoms with E-state index >= 15 is 0 Å². The quantitative estimate of drug-likeness (QED) is 0.682. The monoisotopic (exact) mass is 169 g/mol. The fourth-order valence-electron chi connectivity index (χ4n) is 2.61. The molecule has 12 heavy (non-hydrogen) atoms. The highest BCUT2D eigenvalue weighted by Crippen LogP contribution is 2.40. The van der Waals surface area contributed by atoms with Crippen LogP contribution in [0.3, 0.4) is 0 Å². The lowest BCUT2D eigenvalue weighted by Crippen LogP contribution is -2.41. The molecule has 0 bridgehead atoms. The minimum absolute atomic E-state index is 0.734. The van der Waals surface area contributed by atoms with Crippen LogP contribution in [0, 0.1) is 17.8 Å². The van der Waals surface area contributed by atoms with Gasteiger partial charge in [0.05, 0.1) is 0 Å². The topological polar surface area (TPSA) is 12.0 Å². The van der Waals surface area contributed by atoms with Gasteiger partial charge in [-0.3, -0.25) is 0 Å². The predicted octanol–water partition coefficient (Wildman–Crippen LogP) is 2.67. The van der Waals surface area contributed by atoms with Gasteiger partial charge in [0.2, 0.25) is 0 Å². The average molecular weight is 169 g/mol. The first-order valence-electron chi connectivity index (χ1n) is 5.38. The van der Waals surface area contributed by atoms with Crippen molar-refractivity contribution in [3.05, 3.63) is 0 Å². The fraction of sp³-hybridized carbons (Fsp3) is 1.00. The third kappa shape index (κ3) is 1.82. The Morgan fingerprint density at radius 3 is 2.33 bits per heavy atom. The molecule has 0 spiro atoms. The van der Waals surface area contributed by atoms with Gasteiger partial charge in [-0.25, -0.2) is 0 Å². The van der Waals surface area contributed by atoms with Crippen molar-refractivity contribution in [2.45, 2.75) is 46.1 Å². The number of rotatable bonds is 4. The molecular weight excluding hydrogens is 146 g/mol. The molecule has 0 aliphatic heterocycles. The van der Waals surface area contributed by atoms with Crippen LogP contribution in [0.15, 0.2) is 0 Å². The highest BCUT2D eigenvalue weighted by molar-refractivity contribution is 4.86. The normalized spacial score (nSPS) is 34.0. The Balaban J connectivity index is 2.39. The second-order valence-corrected chi connectivity index (χ2v) is 4.38. The van der Waals surface area contributed by atoms with Gasteiger partial charge in [0.25, 0.3) is 0 Å². The van der Waals surface area contributed by atoms with E-state index in [2.05, 4.69) is 33.1 Å². The summed E-state index contributed by atoms with van der Waals surface area (Å²) in [5, 5.41) is 3.42. The standard InChI is InChI=1S/C11H23N/c1-5-11(12-4)9(3)10-7-6-8(10)2/h8-12H,5-7H2,1-4H3. The molecule has 1 nitrogen and oxygen atoms in total. The van der Waals surface area contributed by atoms with E-state index < -0.39 is 0 Å². The molecule has 4 unspecified atom stereocenters. The Hall–Kier alpha value is -0.0400. The Morgan fingerprint density at radius 1 is 1.42 bits per heavy atom. The molecule has 4 atom stereocenters. The number of hydrogen-bond acceptors (Lipinski definition) is 1. The molecule has 0 heterocycles. The van der Waals surface area contributed by atoms with Crippen molar-refractivity contribution >= 4 is 0 Å². The van der Waals surface area contributed by atoms with Gasteiger partial charge in [-0.05, 0) is 37.6 Å². The zero-order valence-electron chi connectivity index (χ0n) is 8.93. The van der Waals surface area contributed by atoms with Crippen LogP contribution >= 0.6 is 0 Å². The summed E-state index contributed by atoms with van der Waals surface area (Å²) in [5.74, 6) is 2.83. The fourth-order valence-corrected chi connectivity index (χ4v) is 2.61. The molecule has 0 aromatic heterocycles. The van der Waals surface area contributed by atoms with E-state index in [-0.39, 0.29) is 0 Å². The summed E-state index contributed by atoms with van der Waals surface area (Å²) in [6.45, 7) is 7.08. The summed E-state index contributed by atoms with van der Waals surface area (Å²) in [6, 6.07) is 0.734. The molecule has 1 N–H and O–H groups in total. The molecule has 0 radical (unpaired) electrons. The van der Waals surface area contributed by atoms with Crippen molar-refractivity contribution in [3.8, 4) is 0 Å². The van der Waals surface area contributed by atoms with Gasteiger partial charge >= 0.3 is 0 Å². The highest BCUT2D eigenvalue weighted by atomic mass is 14.9. The molecule has 1 heteroatoms. The molecular formula is C11H23N. The summed E-state index contributed by atoms with van der Waals surface area (Å²) >= 11 is 0. The molecule has 0 aromatic carbocycles. The van der Waals surface area contributed by atoms with E-state index in [0.717, 1.165) is 23.8 Å². The Morgan fingerprint density at radius 2 is 2.08 bits per heavy atom. The maximum absolute atomic E-state index is 3.42. The smallest absolute Gasteiger partial charge is 0.00898 e. The Labute approximate surface area is 76.9 Å². The van der Waals surface area contributed by atoms with E-state index in [4.69, 9.17) is 0 Å². The summed E-state index contributed by atoms with van der Waals surface area (Å²) in [6.07, 6.45) is 4.18. The summed E-state index contributed by atoms with van der Waals surface area (Å²) in [4.78, 5) is 0. The first-order valence-corrected chi connectivity index (χ1v) is 5.38. The van der Waals surface area contributed by atoms with Gasteiger partial charge in [0, 0.05) is 6.04 Å². The van der Waals surface area contributed by atoms with Crippen molar-refractivity contribution in [1.29, 1.82) is 0 Å². The van der Waals surface area contributed by atoms with Gasteiger partial charge in [0.1, 0.15) is 0 Å². The molecule has 0 amide bonds. The van der Waals surface area contributed by atoms with Crippen molar-refractivity contribution in [3.63, 3.8) is 0 Å². The first kappa shape index (κ1) is 10.0. The van der Waals surface area contributed by atoms with Crippen molar-refractivity contribution < 1.29 is 0 Å². The van der Waals surface area contributed by atoms with E-state index in [0.29, 0.717) is 0 Å². The Bertz CT molecular complexity index is 124. The maximum atomic E-state index is 3.42. The third-order valence-corrected chi connectivity index (χ3v) is 3.81. The minimum atomic E-state index is 0.734. The van der Waals surface area contributed by atoms with E-state index in [1.54, 1.807) is 0 Å². The average Bonchev–Trinajstić information content (AvgIpc) is 2.04. The van der Waals surface area contributed by atoms with Crippen LogP contribution in [0.25, 0.3) is 0 Å². The van der Waals surface area contributed by atoms with Crippen LogP contribution in [-0.2, 0) is 0 Å². The summed E-state index contributed by atoms with van der Waals surface area (Å²) in [5.41, 5.74) is 0. The molecule has 1 saturated carbocycles. The van der Waals surface area contributed by atoms with Gasteiger partial charge in [-0.15, -0.1) is 0 Å². The van der Waals surface area contributed by atoms with Gasteiger partial charge in [-0.1, -0.05) is 27.2 Å².